The standard InChI is InChI=1S/C10H11N3O3S/c1-7-3-2-4-9(11)10(7)17(14,15)13-8-5-12-16-6-8/h2-6,13H,11H2,1H3. The van der Waals surface area contributed by atoms with Crippen LogP contribution in [-0.4, -0.2) is 13.6 Å². The molecule has 6 nitrogen and oxygen atoms in total. The Morgan fingerprint density at radius 3 is 2.76 bits per heavy atom. The van der Waals surface area contributed by atoms with E-state index in [9.17, 15) is 8.42 Å². The first kappa shape index (κ1) is 11.5. The van der Waals surface area contributed by atoms with Crippen LogP contribution in [0, 0.1) is 6.92 Å². The Hall–Kier alpha value is -2.02. The van der Waals surface area contributed by atoms with Gasteiger partial charge >= 0.3 is 0 Å². The second-order valence-corrected chi connectivity index (χ2v) is 5.13. The van der Waals surface area contributed by atoms with Gasteiger partial charge in [0.2, 0.25) is 0 Å². The zero-order valence-electron chi connectivity index (χ0n) is 9.04. The minimum Gasteiger partial charge on any atom is -0.398 e. The largest absolute Gasteiger partial charge is 0.398 e. The zero-order valence-corrected chi connectivity index (χ0v) is 9.86. The van der Waals surface area contributed by atoms with Gasteiger partial charge in [0.15, 0.2) is 0 Å². The quantitative estimate of drug-likeness (QED) is 0.805. The number of hydrogen-bond acceptors (Lipinski definition) is 5. The van der Waals surface area contributed by atoms with E-state index >= 15 is 0 Å². The van der Waals surface area contributed by atoms with E-state index in [0.29, 0.717) is 5.56 Å². The summed E-state index contributed by atoms with van der Waals surface area (Å²) in [6.45, 7) is 1.68. The van der Waals surface area contributed by atoms with E-state index in [-0.39, 0.29) is 16.3 Å². The number of benzene rings is 1. The Balaban J connectivity index is 2.45. The Morgan fingerprint density at radius 1 is 1.41 bits per heavy atom. The molecule has 0 radical (unpaired) electrons. The molecule has 0 amide bonds. The minimum atomic E-state index is -3.72. The summed E-state index contributed by atoms with van der Waals surface area (Å²) < 4.78 is 31.0. The van der Waals surface area contributed by atoms with E-state index in [0.717, 1.165) is 0 Å². The average Bonchev–Trinajstić information content (AvgIpc) is 2.68. The first-order chi connectivity index (χ1) is 8.00. The Bertz CT molecular complexity index is 600. The number of aromatic nitrogens is 1. The lowest BCUT2D eigenvalue weighted by Gasteiger charge is -2.10. The topological polar surface area (TPSA) is 98.2 Å². The molecule has 0 fully saturated rings. The Kier molecular flexibility index (Phi) is 2.76. The summed E-state index contributed by atoms with van der Waals surface area (Å²) in [5.74, 6) is 0. The van der Waals surface area contributed by atoms with Crippen molar-refractivity contribution in [2.24, 2.45) is 0 Å². The van der Waals surface area contributed by atoms with Gasteiger partial charge in [-0.15, -0.1) is 0 Å². The molecule has 1 heterocycles. The highest BCUT2D eigenvalue weighted by Crippen LogP contribution is 2.24. The van der Waals surface area contributed by atoms with E-state index in [1.54, 1.807) is 19.1 Å². The summed E-state index contributed by atoms with van der Waals surface area (Å²) >= 11 is 0. The number of hydrogen-bond donors (Lipinski definition) is 2. The van der Waals surface area contributed by atoms with Crippen LogP contribution in [0.25, 0.3) is 0 Å². The molecule has 3 N–H and O–H groups in total. The highest BCUT2D eigenvalue weighted by molar-refractivity contribution is 7.93. The van der Waals surface area contributed by atoms with Gasteiger partial charge in [-0.2, -0.15) is 0 Å². The van der Waals surface area contributed by atoms with Crippen LogP contribution in [0.4, 0.5) is 11.4 Å². The molecule has 2 rings (SSSR count). The molecule has 0 aliphatic heterocycles. The molecule has 17 heavy (non-hydrogen) atoms. The van der Waals surface area contributed by atoms with Crippen molar-refractivity contribution in [2.45, 2.75) is 11.8 Å². The second kappa shape index (κ2) is 4.10. The van der Waals surface area contributed by atoms with E-state index in [1.165, 1.54) is 18.5 Å². The van der Waals surface area contributed by atoms with Gasteiger partial charge in [0, 0.05) is 0 Å². The van der Waals surface area contributed by atoms with Gasteiger partial charge in [-0.3, -0.25) is 4.72 Å². The summed E-state index contributed by atoms with van der Waals surface area (Å²) in [5, 5.41) is 3.41. The van der Waals surface area contributed by atoms with E-state index in [2.05, 4.69) is 14.4 Å². The number of sulfonamides is 1. The lowest BCUT2D eigenvalue weighted by molar-refractivity contribution is 0.420. The van der Waals surface area contributed by atoms with Gasteiger partial charge in [0.1, 0.15) is 16.8 Å². The van der Waals surface area contributed by atoms with Crippen molar-refractivity contribution in [3.8, 4) is 0 Å². The van der Waals surface area contributed by atoms with Gasteiger partial charge < -0.3 is 10.3 Å². The van der Waals surface area contributed by atoms with Crippen LogP contribution in [0.5, 0.6) is 0 Å². The lowest BCUT2D eigenvalue weighted by Crippen LogP contribution is -2.15. The summed E-state index contributed by atoms with van der Waals surface area (Å²) in [4.78, 5) is 0.0706. The SMILES string of the molecule is Cc1cccc(N)c1S(=O)(=O)Nc1cnoc1. The van der Waals surface area contributed by atoms with E-state index in [4.69, 9.17) is 5.73 Å². The average molecular weight is 253 g/mol. The van der Waals surface area contributed by atoms with Crippen LogP contribution >= 0.6 is 0 Å². The van der Waals surface area contributed by atoms with Gasteiger partial charge in [0.05, 0.1) is 11.9 Å². The van der Waals surface area contributed by atoms with Gasteiger partial charge in [-0.1, -0.05) is 17.3 Å². The second-order valence-electron chi connectivity index (χ2n) is 3.51. The maximum Gasteiger partial charge on any atom is 0.264 e. The fourth-order valence-electron chi connectivity index (χ4n) is 1.50. The number of nitrogens with two attached hydrogens (primary N) is 1. The van der Waals surface area contributed by atoms with Crippen molar-refractivity contribution in [3.05, 3.63) is 36.2 Å². The Morgan fingerprint density at radius 2 is 2.18 bits per heavy atom. The van der Waals surface area contributed by atoms with Gasteiger partial charge in [-0.05, 0) is 18.6 Å². The van der Waals surface area contributed by atoms with Crippen molar-refractivity contribution in [1.29, 1.82) is 0 Å². The number of nitrogen functional groups attached to an aromatic ring is 1. The van der Waals surface area contributed by atoms with Crippen molar-refractivity contribution in [3.63, 3.8) is 0 Å². The first-order valence-electron chi connectivity index (χ1n) is 4.78. The predicted molar refractivity (Wildman–Crippen MR) is 62.9 cm³/mol. The number of aryl methyl sites for hydroxylation is 1. The molecule has 1 aromatic carbocycles. The summed E-state index contributed by atoms with van der Waals surface area (Å²) in [6, 6.07) is 4.91. The highest BCUT2D eigenvalue weighted by Gasteiger charge is 2.20. The molecule has 0 aliphatic rings. The zero-order chi connectivity index (χ0) is 12.5. The molecule has 0 saturated carbocycles. The summed E-state index contributed by atoms with van der Waals surface area (Å²) in [5.41, 5.74) is 6.72. The number of nitrogens with one attached hydrogen (secondary N) is 1. The summed E-state index contributed by atoms with van der Waals surface area (Å²) in [6.07, 6.45) is 2.47. The molecule has 0 saturated heterocycles. The molecule has 1 aromatic heterocycles. The molecular formula is C10H11N3O3S. The lowest BCUT2D eigenvalue weighted by atomic mass is 10.2. The monoisotopic (exact) mass is 253 g/mol. The van der Waals surface area contributed by atoms with Crippen LogP contribution in [0.2, 0.25) is 0 Å². The van der Waals surface area contributed by atoms with Crippen LogP contribution in [0.15, 0.2) is 40.1 Å². The molecule has 0 bridgehead atoms. The van der Waals surface area contributed by atoms with Gasteiger partial charge in [0.25, 0.3) is 10.0 Å². The smallest absolute Gasteiger partial charge is 0.264 e. The molecule has 90 valence electrons. The fourth-order valence-corrected chi connectivity index (χ4v) is 2.89. The molecule has 0 unspecified atom stereocenters. The van der Waals surface area contributed by atoms with Crippen LogP contribution in [0.3, 0.4) is 0 Å². The molecule has 0 atom stereocenters. The number of anilines is 2. The van der Waals surface area contributed by atoms with Crippen molar-refractivity contribution in [1.82, 2.24) is 5.16 Å². The van der Waals surface area contributed by atoms with Gasteiger partial charge in [-0.25, -0.2) is 8.42 Å². The van der Waals surface area contributed by atoms with Crippen molar-refractivity contribution >= 4 is 21.4 Å². The van der Waals surface area contributed by atoms with Crippen LogP contribution in [-0.2, 0) is 10.0 Å². The summed E-state index contributed by atoms with van der Waals surface area (Å²) in [7, 11) is -3.72. The molecule has 0 aliphatic carbocycles. The van der Waals surface area contributed by atoms with Crippen molar-refractivity contribution in [2.75, 3.05) is 10.5 Å². The molecule has 7 heteroatoms. The van der Waals surface area contributed by atoms with E-state index < -0.39 is 10.0 Å². The van der Waals surface area contributed by atoms with Crippen LogP contribution < -0.4 is 10.5 Å². The molecule has 0 spiro atoms. The third kappa shape index (κ3) is 2.23. The van der Waals surface area contributed by atoms with Crippen molar-refractivity contribution < 1.29 is 12.9 Å². The minimum absolute atomic E-state index is 0.0706. The maximum absolute atomic E-state index is 12.1. The highest BCUT2D eigenvalue weighted by atomic mass is 32.2. The van der Waals surface area contributed by atoms with E-state index in [1.807, 2.05) is 0 Å². The molecular weight excluding hydrogens is 242 g/mol. The third-order valence-corrected chi connectivity index (χ3v) is 3.80. The molecule has 2 aromatic rings. The first-order valence-corrected chi connectivity index (χ1v) is 6.26. The number of nitrogens with zero attached hydrogens (tertiary/aromatic N) is 1. The fraction of sp³-hybridized carbons (Fsp3) is 0.100. The number of rotatable bonds is 3. The third-order valence-electron chi connectivity index (χ3n) is 2.20. The maximum atomic E-state index is 12.1. The Labute approximate surface area is 98.5 Å². The van der Waals surface area contributed by atoms with Crippen LogP contribution in [0.1, 0.15) is 5.56 Å². The predicted octanol–water partition coefficient (Wildman–Crippen LogP) is 1.37. The normalized spacial score (nSPS) is 11.4.